The van der Waals surface area contributed by atoms with Crippen molar-refractivity contribution in [3.8, 4) is 0 Å². The molecule has 0 spiro atoms. The second-order valence-corrected chi connectivity index (χ2v) is 4.17. The third-order valence-electron chi connectivity index (χ3n) is 2.08. The van der Waals surface area contributed by atoms with Crippen molar-refractivity contribution in [2.45, 2.75) is 0 Å². The Hall–Kier alpha value is -1.88. The summed E-state index contributed by atoms with van der Waals surface area (Å²) in [4.78, 5) is 11.5. The molecular weight excluding hydrogens is 282 g/mol. The molecule has 5 heteroatoms. The lowest BCUT2D eigenvalue weighted by atomic mass is 10.2. The molecule has 1 amide bonds. The van der Waals surface area contributed by atoms with Crippen LogP contribution in [0.5, 0.6) is 0 Å². The first-order valence-corrected chi connectivity index (χ1v) is 5.78. The third-order valence-corrected chi connectivity index (χ3v) is 2.80. The Morgan fingerprint density at radius 3 is 2.88 bits per heavy atom. The Bertz CT molecular complexity index is 534. The summed E-state index contributed by atoms with van der Waals surface area (Å²) in [6.45, 7) is 0. The number of carbonyl (C=O) groups excluding carboxylic acids is 1. The molecule has 0 saturated carbocycles. The number of aromatic nitrogens is 2. The first-order valence-electron chi connectivity index (χ1n) is 4.98. The van der Waals surface area contributed by atoms with E-state index in [1.54, 1.807) is 18.3 Å². The molecule has 0 radical (unpaired) electrons. The first kappa shape index (κ1) is 11.6. The number of benzene rings is 1. The highest BCUT2D eigenvalue weighted by Crippen LogP contribution is 2.17. The lowest BCUT2D eigenvalue weighted by molar-refractivity contribution is -0.111. The largest absolute Gasteiger partial charge is 0.307 e. The number of amides is 1. The van der Waals surface area contributed by atoms with Gasteiger partial charge >= 0.3 is 0 Å². The van der Waals surface area contributed by atoms with Crippen LogP contribution in [0.3, 0.4) is 0 Å². The average molecular weight is 292 g/mol. The fourth-order valence-corrected chi connectivity index (χ4v) is 1.69. The zero-order chi connectivity index (χ0) is 12.1. The topological polar surface area (TPSA) is 57.8 Å². The van der Waals surface area contributed by atoms with Crippen molar-refractivity contribution < 1.29 is 4.79 Å². The summed E-state index contributed by atoms with van der Waals surface area (Å²) >= 11 is 3.41. The van der Waals surface area contributed by atoms with Gasteiger partial charge in [-0.15, -0.1) is 0 Å². The predicted octanol–water partition coefficient (Wildman–Crippen LogP) is 2.82. The predicted molar refractivity (Wildman–Crippen MR) is 70.4 cm³/mol. The van der Waals surface area contributed by atoms with Crippen LogP contribution in [0.25, 0.3) is 6.08 Å². The van der Waals surface area contributed by atoms with Gasteiger partial charge in [0.15, 0.2) is 0 Å². The SMILES string of the molecule is O=C(/C=C/c1ccccc1Br)Nc1ccn[nH]1. The molecule has 0 unspecified atom stereocenters. The first-order chi connectivity index (χ1) is 8.25. The van der Waals surface area contributed by atoms with Crippen molar-refractivity contribution >= 4 is 33.7 Å². The smallest absolute Gasteiger partial charge is 0.249 e. The summed E-state index contributed by atoms with van der Waals surface area (Å²) in [5, 5.41) is 9.04. The molecule has 2 aromatic rings. The van der Waals surface area contributed by atoms with Crippen LogP contribution in [-0.2, 0) is 4.79 Å². The second kappa shape index (κ2) is 5.45. The lowest BCUT2D eigenvalue weighted by Crippen LogP contribution is -2.07. The molecule has 0 aliphatic carbocycles. The van der Waals surface area contributed by atoms with E-state index < -0.39 is 0 Å². The zero-order valence-corrected chi connectivity index (χ0v) is 10.4. The van der Waals surface area contributed by atoms with Crippen molar-refractivity contribution in [2.24, 2.45) is 0 Å². The van der Waals surface area contributed by atoms with Gasteiger partial charge in [-0.3, -0.25) is 9.89 Å². The maximum atomic E-state index is 11.5. The fraction of sp³-hybridized carbons (Fsp3) is 0. The molecule has 0 saturated heterocycles. The van der Waals surface area contributed by atoms with Gasteiger partial charge in [-0.2, -0.15) is 5.10 Å². The van der Waals surface area contributed by atoms with E-state index in [1.165, 1.54) is 6.08 Å². The van der Waals surface area contributed by atoms with E-state index in [2.05, 4.69) is 31.4 Å². The van der Waals surface area contributed by atoms with Gasteiger partial charge in [0.1, 0.15) is 5.82 Å². The van der Waals surface area contributed by atoms with E-state index in [9.17, 15) is 4.79 Å². The molecule has 2 rings (SSSR count). The molecule has 1 aromatic heterocycles. The maximum absolute atomic E-state index is 11.5. The number of nitrogens with one attached hydrogen (secondary N) is 2. The third kappa shape index (κ3) is 3.29. The van der Waals surface area contributed by atoms with Crippen molar-refractivity contribution in [1.82, 2.24) is 10.2 Å². The number of rotatable bonds is 3. The highest BCUT2D eigenvalue weighted by atomic mass is 79.9. The summed E-state index contributed by atoms with van der Waals surface area (Å²) in [6.07, 6.45) is 4.80. The minimum Gasteiger partial charge on any atom is -0.307 e. The molecule has 86 valence electrons. The van der Waals surface area contributed by atoms with Crippen molar-refractivity contribution in [1.29, 1.82) is 0 Å². The standard InChI is InChI=1S/C12H10BrN3O/c13-10-4-2-1-3-9(10)5-6-12(17)15-11-7-8-14-16-11/h1-8H,(H2,14,15,16,17)/b6-5+. The number of nitrogens with zero attached hydrogens (tertiary/aromatic N) is 1. The summed E-state index contributed by atoms with van der Waals surface area (Å²) in [5.74, 6) is 0.372. The Morgan fingerprint density at radius 1 is 1.35 bits per heavy atom. The van der Waals surface area contributed by atoms with Crippen molar-refractivity contribution in [2.75, 3.05) is 5.32 Å². The molecule has 1 heterocycles. The van der Waals surface area contributed by atoms with Crippen molar-refractivity contribution in [3.63, 3.8) is 0 Å². The van der Waals surface area contributed by atoms with E-state index in [1.807, 2.05) is 24.3 Å². The lowest BCUT2D eigenvalue weighted by Gasteiger charge is -1.98. The molecule has 0 aliphatic rings. The highest BCUT2D eigenvalue weighted by Gasteiger charge is 1.99. The second-order valence-electron chi connectivity index (χ2n) is 3.31. The number of hydrogen-bond donors (Lipinski definition) is 2. The molecular formula is C12H10BrN3O. The summed E-state index contributed by atoms with van der Waals surface area (Å²) in [5.41, 5.74) is 0.951. The molecule has 4 nitrogen and oxygen atoms in total. The Balaban J connectivity index is 2.01. The minimum atomic E-state index is -0.204. The summed E-state index contributed by atoms with van der Waals surface area (Å²) < 4.78 is 0.950. The van der Waals surface area contributed by atoms with E-state index >= 15 is 0 Å². The van der Waals surface area contributed by atoms with Gasteiger partial charge in [0.25, 0.3) is 0 Å². The molecule has 0 bridgehead atoms. The number of carbonyl (C=O) groups is 1. The van der Waals surface area contributed by atoms with Gasteiger partial charge < -0.3 is 5.32 Å². The van der Waals surface area contributed by atoms with Crippen LogP contribution in [0, 0.1) is 0 Å². The quantitative estimate of drug-likeness (QED) is 0.855. The van der Waals surface area contributed by atoms with Gasteiger partial charge in [0, 0.05) is 16.6 Å². The van der Waals surface area contributed by atoms with Crippen LogP contribution in [-0.4, -0.2) is 16.1 Å². The van der Waals surface area contributed by atoms with Crippen LogP contribution in [0.1, 0.15) is 5.56 Å². The van der Waals surface area contributed by atoms with Crippen LogP contribution in [0.15, 0.2) is 47.1 Å². The van der Waals surface area contributed by atoms with Crippen LogP contribution < -0.4 is 5.32 Å². The van der Waals surface area contributed by atoms with E-state index in [4.69, 9.17) is 0 Å². The zero-order valence-electron chi connectivity index (χ0n) is 8.85. The van der Waals surface area contributed by atoms with E-state index in [0.717, 1.165) is 10.0 Å². The monoisotopic (exact) mass is 291 g/mol. The van der Waals surface area contributed by atoms with Gasteiger partial charge in [-0.25, -0.2) is 0 Å². The molecule has 1 aromatic carbocycles. The normalized spacial score (nSPS) is 10.6. The van der Waals surface area contributed by atoms with Gasteiger partial charge in [0.05, 0.1) is 6.20 Å². The fourth-order valence-electron chi connectivity index (χ4n) is 1.28. The van der Waals surface area contributed by atoms with Gasteiger partial charge in [0.2, 0.25) is 5.91 Å². The van der Waals surface area contributed by atoms with E-state index in [0.29, 0.717) is 5.82 Å². The number of H-pyrrole nitrogens is 1. The molecule has 0 aliphatic heterocycles. The van der Waals surface area contributed by atoms with Gasteiger partial charge in [-0.05, 0) is 17.7 Å². The molecule has 17 heavy (non-hydrogen) atoms. The Morgan fingerprint density at radius 2 is 2.18 bits per heavy atom. The van der Waals surface area contributed by atoms with E-state index in [-0.39, 0.29) is 5.91 Å². The summed E-state index contributed by atoms with van der Waals surface area (Å²) in [7, 11) is 0. The number of halogens is 1. The molecule has 0 atom stereocenters. The van der Waals surface area contributed by atoms with Crippen molar-refractivity contribution in [3.05, 3.63) is 52.6 Å². The maximum Gasteiger partial charge on any atom is 0.249 e. The molecule has 2 N–H and O–H groups in total. The Kier molecular flexibility index (Phi) is 3.72. The highest BCUT2D eigenvalue weighted by molar-refractivity contribution is 9.10. The number of anilines is 1. The number of aromatic amines is 1. The van der Waals surface area contributed by atoms with Crippen LogP contribution >= 0.6 is 15.9 Å². The van der Waals surface area contributed by atoms with Crippen LogP contribution in [0.4, 0.5) is 5.82 Å². The average Bonchev–Trinajstić information content (AvgIpc) is 2.81. The number of hydrogen-bond acceptors (Lipinski definition) is 2. The summed E-state index contributed by atoms with van der Waals surface area (Å²) in [6, 6.07) is 9.37. The molecule has 0 fully saturated rings. The van der Waals surface area contributed by atoms with Gasteiger partial charge in [-0.1, -0.05) is 34.1 Å². The minimum absolute atomic E-state index is 0.204. The van der Waals surface area contributed by atoms with Crippen LogP contribution in [0.2, 0.25) is 0 Å². The Labute approximate surface area is 107 Å².